The third-order valence-corrected chi connectivity index (χ3v) is 6.05. The Morgan fingerprint density at radius 3 is 2.28 bits per heavy atom. The van der Waals surface area contributed by atoms with Gasteiger partial charge in [0.1, 0.15) is 5.75 Å². The molecule has 150 valence electrons. The van der Waals surface area contributed by atoms with Crippen LogP contribution in [-0.4, -0.2) is 21.4 Å². The highest BCUT2D eigenvalue weighted by atomic mass is 35.5. The number of amides is 1. The molecule has 2 N–H and O–H groups in total. The number of anilines is 2. The Hall–Kier alpha value is -3.03. The summed E-state index contributed by atoms with van der Waals surface area (Å²) in [5.74, 6) is 0.194. The van der Waals surface area contributed by atoms with Crippen LogP contribution in [0, 0.1) is 6.92 Å². The summed E-state index contributed by atoms with van der Waals surface area (Å²) in [4.78, 5) is 12.5. The molecule has 0 heterocycles. The lowest BCUT2D eigenvalue weighted by molar-refractivity contribution is 0.102. The number of nitrogens with one attached hydrogen (secondary N) is 2. The smallest absolute Gasteiger partial charge is 0.262 e. The highest BCUT2D eigenvalue weighted by molar-refractivity contribution is 7.92. The molecule has 0 saturated carbocycles. The van der Waals surface area contributed by atoms with Crippen LogP contribution >= 0.6 is 11.6 Å². The van der Waals surface area contributed by atoms with Gasteiger partial charge in [0.15, 0.2) is 0 Å². The fourth-order valence-electron chi connectivity index (χ4n) is 2.68. The van der Waals surface area contributed by atoms with E-state index in [1.807, 2.05) is 0 Å². The fourth-order valence-corrected chi connectivity index (χ4v) is 4.23. The molecule has 0 atom stereocenters. The molecule has 0 spiro atoms. The first-order valence-electron chi connectivity index (χ1n) is 8.63. The van der Waals surface area contributed by atoms with Gasteiger partial charge in [0.2, 0.25) is 0 Å². The summed E-state index contributed by atoms with van der Waals surface area (Å²) in [5, 5.41) is 3.00. The van der Waals surface area contributed by atoms with E-state index >= 15 is 0 Å². The van der Waals surface area contributed by atoms with E-state index in [0.717, 1.165) is 0 Å². The average Bonchev–Trinajstić information content (AvgIpc) is 2.70. The molecule has 0 saturated heterocycles. The molecule has 0 bridgehead atoms. The maximum atomic E-state index is 12.9. The summed E-state index contributed by atoms with van der Waals surface area (Å²) in [6.07, 6.45) is 0. The molecule has 6 nitrogen and oxygen atoms in total. The van der Waals surface area contributed by atoms with E-state index in [4.69, 9.17) is 16.3 Å². The van der Waals surface area contributed by atoms with Gasteiger partial charge < -0.3 is 10.1 Å². The van der Waals surface area contributed by atoms with Gasteiger partial charge in [-0.2, -0.15) is 0 Å². The normalized spacial score (nSPS) is 11.0. The van der Waals surface area contributed by atoms with Gasteiger partial charge in [-0.05, 0) is 61.0 Å². The van der Waals surface area contributed by atoms with Crippen molar-refractivity contribution >= 4 is 38.9 Å². The number of methoxy groups -OCH3 is 1. The Morgan fingerprint density at radius 2 is 1.62 bits per heavy atom. The van der Waals surface area contributed by atoms with Crippen LogP contribution in [-0.2, 0) is 10.0 Å². The topological polar surface area (TPSA) is 84.5 Å². The van der Waals surface area contributed by atoms with E-state index in [1.165, 1.54) is 13.2 Å². The number of halogens is 1. The molecular weight excluding hydrogens is 412 g/mol. The number of ether oxygens (including phenoxy) is 1. The van der Waals surface area contributed by atoms with Crippen molar-refractivity contribution in [3.63, 3.8) is 0 Å². The first-order chi connectivity index (χ1) is 13.8. The first-order valence-corrected chi connectivity index (χ1v) is 10.5. The van der Waals surface area contributed by atoms with Crippen LogP contribution in [0.25, 0.3) is 0 Å². The van der Waals surface area contributed by atoms with Crippen LogP contribution < -0.4 is 14.8 Å². The second-order valence-corrected chi connectivity index (χ2v) is 8.31. The molecule has 0 fully saturated rings. The van der Waals surface area contributed by atoms with Crippen LogP contribution in [0.1, 0.15) is 15.9 Å². The largest absolute Gasteiger partial charge is 0.497 e. The van der Waals surface area contributed by atoms with E-state index in [1.54, 1.807) is 67.6 Å². The molecule has 0 unspecified atom stereocenters. The lowest BCUT2D eigenvalue weighted by atomic mass is 10.2. The van der Waals surface area contributed by atoms with E-state index in [2.05, 4.69) is 10.0 Å². The summed E-state index contributed by atoms with van der Waals surface area (Å²) < 4.78 is 33.3. The summed E-state index contributed by atoms with van der Waals surface area (Å²) in [6, 6.07) is 17.8. The molecule has 3 rings (SSSR count). The summed E-state index contributed by atoms with van der Waals surface area (Å²) >= 11 is 6.05. The van der Waals surface area contributed by atoms with Crippen molar-refractivity contribution in [3.8, 4) is 5.75 Å². The fraction of sp³-hybridized carbons (Fsp3) is 0.0952. The lowest BCUT2D eigenvalue weighted by Crippen LogP contribution is -2.16. The van der Waals surface area contributed by atoms with Crippen molar-refractivity contribution < 1.29 is 17.9 Å². The van der Waals surface area contributed by atoms with E-state index in [-0.39, 0.29) is 4.90 Å². The Kier molecular flexibility index (Phi) is 6.10. The number of hydrogen-bond acceptors (Lipinski definition) is 4. The number of sulfonamides is 1. The predicted molar refractivity (Wildman–Crippen MR) is 114 cm³/mol. The van der Waals surface area contributed by atoms with Gasteiger partial charge in [0.25, 0.3) is 15.9 Å². The number of carbonyl (C=O) groups is 1. The number of hydrogen-bond donors (Lipinski definition) is 2. The van der Waals surface area contributed by atoms with Crippen LogP contribution in [0.15, 0.2) is 71.6 Å². The second-order valence-electron chi connectivity index (χ2n) is 6.25. The molecule has 0 aliphatic heterocycles. The van der Waals surface area contributed by atoms with Crippen molar-refractivity contribution in [3.05, 3.63) is 82.9 Å². The van der Waals surface area contributed by atoms with Crippen LogP contribution in [0.5, 0.6) is 5.75 Å². The minimum absolute atomic E-state index is 0.0604. The lowest BCUT2D eigenvalue weighted by Gasteiger charge is -2.13. The molecule has 0 aliphatic carbocycles. The van der Waals surface area contributed by atoms with Crippen molar-refractivity contribution in [2.45, 2.75) is 11.8 Å². The standard InChI is InChI=1S/C21H19ClN2O4S/c1-14-7-8-16(23-21(25)18-5-3-4-6-19(18)22)13-20(14)29(26,27)24-15-9-11-17(28-2)12-10-15/h3-13,24H,1-2H3,(H,23,25). The van der Waals surface area contributed by atoms with Crippen LogP contribution in [0.2, 0.25) is 5.02 Å². The quantitative estimate of drug-likeness (QED) is 0.593. The molecule has 0 aromatic heterocycles. The van der Waals surface area contributed by atoms with Gasteiger partial charge in [-0.3, -0.25) is 9.52 Å². The van der Waals surface area contributed by atoms with Crippen molar-refractivity contribution in [2.24, 2.45) is 0 Å². The first kappa shape index (κ1) is 20.7. The Bertz CT molecular complexity index is 1150. The maximum absolute atomic E-state index is 12.9. The third kappa shape index (κ3) is 4.88. The highest BCUT2D eigenvalue weighted by Gasteiger charge is 2.19. The molecule has 8 heteroatoms. The summed E-state index contributed by atoms with van der Waals surface area (Å²) in [5.41, 5.74) is 1.59. The van der Waals surface area contributed by atoms with Gasteiger partial charge in [-0.15, -0.1) is 0 Å². The van der Waals surface area contributed by atoms with Gasteiger partial charge in [-0.1, -0.05) is 29.8 Å². The Labute approximate surface area is 174 Å². The zero-order chi connectivity index (χ0) is 21.0. The van der Waals surface area contributed by atoms with E-state index in [9.17, 15) is 13.2 Å². The molecule has 3 aromatic rings. The molecule has 3 aromatic carbocycles. The highest BCUT2D eigenvalue weighted by Crippen LogP contribution is 2.25. The Balaban J connectivity index is 1.85. The Morgan fingerprint density at radius 1 is 0.966 bits per heavy atom. The van der Waals surface area contributed by atoms with Crippen molar-refractivity contribution in [1.82, 2.24) is 0 Å². The zero-order valence-corrected chi connectivity index (χ0v) is 17.3. The molecule has 1 amide bonds. The van der Waals surface area contributed by atoms with Gasteiger partial charge in [-0.25, -0.2) is 8.42 Å². The minimum atomic E-state index is -3.86. The number of carbonyl (C=O) groups excluding carboxylic acids is 1. The SMILES string of the molecule is COc1ccc(NS(=O)(=O)c2cc(NC(=O)c3ccccc3Cl)ccc2C)cc1. The van der Waals surface area contributed by atoms with Gasteiger partial charge in [0, 0.05) is 11.4 Å². The predicted octanol–water partition coefficient (Wildman–Crippen LogP) is 4.71. The average molecular weight is 431 g/mol. The third-order valence-electron chi connectivity index (χ3n) is 4.20. The van der Waals surface area contributed by atoms with E-state index in [0.29, 0.717) is 33.3 Å². The van der Waals surface area contributed by atoms with Crippen LogP contribution in [0.4, 0.5) is 11.4 Å². The van der Waals surface area contributed by atoms with Gasteiger partial charge in [0.05, 0.1) is 22.6 Å². The molecule has 0 radical (unpaired) electrons. The number of benzene rings is 3. The molecule has 0 aliphatic rings. The number of aryl methyl sites for hydroxylation is 1. The monoisotopic (exact) mass is 430 g/mol. The number of rotatable bonds is 6. The van der Waals surface area contributed by atoms with Crippen LogP contribution in [0.3, 0.4) is 0 Å². The summed E-state index contributed by atoms with van der Waals surface area (Å²) in [7, 11) is -2.33. The summed E-state index contributed by atoms with van der Waals surface area (Å²) in [6.45, 7) is 1.68. The van der Waals surface area contributed by atoms with Crippen molar-refractivity contribution in [2.75, 3.05) is 17.1 Å². The zero-order valence-electron chi connectivity index (χ0n) is 15.8. The van der Waals surface area contributed by atoms with E-state index < -0.39 is 15.9 Å². The van der Waals surface area contributed by atoms with Crippen molar-refractivity contribution in [1.29, 1.82) is 0 Å². The molecular formula is C21H19ClN2O4S. The second kappa shape index (κ2) is 8.55. The maximum Gasteiger partial charge on any atom is 0.262 e. The van der Waals surface area contributed by atoms with Gasteiger partial charge >= 0.3 is 0 Å². The minimum Gasteiger partial charge on any atom is -0.497 e. The molecule has 29 heavy (non-hydrogen) atoms.